The Bertz CT molecular complexity index is 642. The van der Waals surface area contributed by atoms with Gasteiger partial charge >= 0.3 is 5.97 Å². The van der Waals surface area contributed by atoms with Gasteiger partial charge in [0.15, 0.2) is 6.10 Å². The smallest absolute Gasteiger partial charge is 0.313 e. The molecule has 6 heteroatoms. The maximum atomic E-state index is 12.4. The van der Waals surface area contributed by atoms with Crippen LogP contribution in [0.2, 0.25) is 5.02 Å². The van der Waals surface area contributed by atoms with Crippen LogP contribution in [0.25, 0.3) is 0 Å². The SMILES string of the molecule is C[C@H](OC(=O)[C@@H]1COc2ccc(Cl)cc2C1)C(=O)NC1CCCCC1. The van der Waals surface area contributed by atoms with Gasteiger partial charge in [0.2, 0.25) is 0 Å². The molecule has 1 aliphatic carbocycles. The van der Waals surface area contributed by atoms with E-state index in [4.69, 9.17) is 21.1 Å². The number of hydrogen-bond acceptors (Lipinski definition) is 4. The number of rotatable bonds is 4. The number of ether oxygens (including phenoxy) is 2. The van der Waals surface area contributed by atoms with Gasteiger partial charge in [-0.25, -0.2) is 0 Å². The van der Waals surface area contributed by atoms with Crippen molar-refractivity contribution in [2.45, 2.75) is 57.6 Å². The van der Waals surface area contributed by atoms with Crippen molar-refractivity contribution in [2.24, 2.45) is 5.92 Å². The van der Waals surface area contributed by atoms with Crippen LogP contribution in [0.4, 0.5) is 0 Å². The lowest BCUT2D eigenvalue weighted by Crippen LogP contribution is -2.44. The van der Waals surface area contributed by atoms with Crippen molar-refractivity contribution in [1.29, 1.82) is 0 Å². The van der Waals surface area contributed by atoms with Gasteiger partial charge < -0.3 is 14.8 Å². The van der Waals surface area contributed by atoms with Crippen LogP contribution in [0.1, 0.15) is 44.6 Å². The van der Waals surface area contributed by atoms with Crippen LogP contribution < -0.4 is 10.1 Å². The maximum absolute atomic E-state index is 12.4. The molecule has 0 bridgehead atoms. The summed E-state index contributed by atoms with van der Waals surface area (Å²) in [6, 6.07) is 5.57. The summed E-state index contributed by atoms with van der Waals surface area (Å²) in [5, 5.41) is 3.59. The molecule has 1 aromatic rings. The number of esters is 1. The minimum atomic E-state index is -0.796. The molecule has 1 heterocycles. The summed E-state index contributed by atoms with van der Waals surface area (Å²) in [5.41, 5.74) is 0.889. The lowest BCUT2D eigenvalue weighted by molar-refractivity contribution is -0.160. The summed E-state index contributed by atoms with van der Waals surface area (Å²) in [6.07, 6.45) is 5.22. The van der Waals surface area contributed by atoms with Crippen LogP contribution in [0.3, 0.4) is 0 Å². The molecule has 0 radical (unpaired) electrons. The predicted octanol–water partition coefficient (Wildman–Crippen LogP) is 3.27. The van der Waals surface area contributed by atoms with E-state index in [-0.39, 0.29) is 18.6 Å². The quantitative estimate of drug-likeness (QED) is 0.832. The van der Waals surface area contributed by atoms with E-state index < -0.39 is 18.0 Å². The molecule has 136 valence electrons. The summed E-state index contributed by atoms with van der Waals surface area (Å²) in [6.45, 7) is 1.87. The zero-order valence-corrected chi connectivity index (χ0v) is 15.2. The van der Waals surface area contributed by atoms with E-state index in [0.29, 0.717) is 11.4 Å². The highest BCUT2D eigenvalue weighted by molar-refractivity contribution is 6.30. The Hall–Kier alpha value is -1.75. The number of carbonyl (C=O) groups is 2. The van der Waals surface area contributed by atoms with Crippen molar-refractivity contribution >= 4 is 23.5 Å². The van der Waals surface area contributed by atoms with E-state index in [1.54, 1.807) is 25.1 Å². The van der Waals surface area contributed by atoms with E-state index in [2.05, 4.69) is 5.32 Å². The highest BCUT2D eigenvalue weighted by Crippen LogP contribution is 2.30. The third kappa shape index (κ3) is 4.66. The molecule has 3 rings (SSSR count). The van der Waals surface area contributed by atoms with Crippen LogP contribution in [0, 0.1) is 5.92 Å². The molecular weight excluding hydrogens is 342 g/mol. The van der Waals surface area contributed by atoms with Gasteiger partial charge in [0.25, 0.3) is 5.91 Å². The van der Waals surface area contributed by atoms with Gasteiger partial charge in [0.1, 0.15) is 12.4 Å². The molecule has 0 unspecified atom stereocenters. The second kappa shape index (κ2) is 8.09. The first-order valence-electron chi connectivity index (χ1n) is 8.95. The average Bonchev–Trinajstić information content (AvgIpc) is 2.61. The Morgan fingerprint density at radius 2 is 2.04 bits per heavy atom. The molecule has 1 fully saturated rings. The van der Waals surface area contributed by atoms with Crippen molar-refractivity contribution in [3.63, 3.8) is 0 Å². The summed E-state index contributed by atoms with van der Waals surface area (Å²) < 4.78 is 11.0. The van der Waals surface area contributed by atoms with Crippen molar-refractivity contribution < 1.29 is 19.1 Å². The summed E-state index contributed by atoms with van der Waals surface area (Å²) in [7, 11) is 0. The van der Waals surface area contributed by atoms with Crippen molar-refractivity contribution in [3.8, 4) is 5.75 Å². The highest BCUT2D eigenvalue weighted by atomic mass is 35.5. The molecule has 1 N–H and O–H groups in total. The first-order chi connectivity index (χ1) is 12.0. The fourth-order valence-corrected chi connectivity index (χ4v) is 3.60. The molecule has 5 nitrogen and oxygen atoms in total. The number of carbonyl (C=O) groups excluding carboxylic acids is 2. The molecule has 2 aliphatic rings. The van der Waals surface area contributed by atoms with Gasteiger partial charge in [0, 0.05) is 11.1 Å². The van der Waals surface area contributed by atoms with Gasteiger partial charge in [-0.2, -0.15) is 0 Å². The number of hydrogen-bond donors (Lipinski definition) is 1. The third-order valence-corrected chi connectivity index (χ3v) is 5.11. The average molecular weight is 366 g/mol. The lowest BCUT2D eigenvalue weighted by Gasteiger charge is -2.27. The topological polar surface area (TPSA) is 64.6 Å². The first-order valence-corrected chi connectivity index (χ1v) is 9.33. The largest absolute Gasteiger partial charge is 0.492 e. The summed E-state index contributed by atoms with van der Waals surface area (Å²) in [5.74, 6) is -0.301. The van der Waals surface area contributed by atoms with Crippen molar-refractivity contribution in [3.05, 3.63) is 28.8 Å². The van der Waals surface area contributed by atoms with E-state index in [0.717, 1.165) is 37.0 Å². The lowest BCUT2D eigenvalue weighted by atomic mass is 9.95. The molecule has 0 aromatic heterocycles. The molecule has 1 aliphatic heterocycles. The molecule has 2 atom stereocenters. The molecule has 25 heavy (non-hydrogen) atoms. The van der Waals surface area contributed by atoms with Crippen LogP contribution in [-0.2, 0) is 20.7 Å². The number of nitrogens with one attached hydrogen (secondary N) is 1. The van der Waals surface area contributed by atoms with E-state index >= 15 is 0 Å². The molecule has 1 aromatic carbocycles. The Labute approximate surface area is 153 Å². The van der Waals surface area contributed by atoms with Gasteiger partial charge in [-0.3, -0.25) is 9.59 Å². The van der Waals surface area contributed by atoms with Crippen LogP contribution in [0.5, 0.6) is 5.75 Å². The number of amides is 1. The normalized spacial score (nSPS) is 21.6. The minimum Gasteiger partial charge on any atom is -0.492 e. The van der Waals surface area contributed by atoms with E-state index in [9.17, 15) is 9.59 Å². The Morgan fingerprint density at radius 1 is 1.28 bits per heavy atom. The molecule has 1 amide bonds. The fourth-order valence-electron chi connectivity index (χ4n) is 3.40. The molecule has 1 saturated carbocycles. The third-order valence-electron chi connectivity index (χ3n) is 4.88. The van der Waals surface area contributed by atoms with Crippen molar-refractivity contribution in [1.82, 2.24) is 5.32 Å². The fraction of sp³-hybridized carbons (Fsp3) is 0.579. The van der Waals surface area contributed by atoms with Gasteiger partial charge in [-0.15, -0.1) is 0 Å². The molecule has 0 spiro atoms. The van der Waals surface area contributed by atoms with Gasteiger partial charge in [-0.1, -0.05) is 30.9 Å². The maximum Gasteiger partial charge on any atom is 0.313 e. The van der Waals surface area contributed by atoms with Crippen LogP contribution >= 0.6 is 11.6 Å². The zero-order valence-electron chi connectivity index (χ0n) is 14.4. The van der Waals surface area contributed by atoms with Gasteiger partial charge in [0.05, 0.1) is 5.92 Å². The number of halogens is 1. The van der Waals surface area contributed by atoms with Crippen LogP contribution in [0.15, 0.2) is 18.2 Å². The standard InChI is InChI=1S/C19H24ClNO4/c1-12(18(22)21-16-5-3-2-4-6-16)25-19(23)14-9-13-10-15(20)7-8-17(13)24-11-14/h7-8,10,12,14,16H,2-6,9,11H2,1H3,(H,21,22)/t12-,14-/m0/s1. The van der Waals surface area contributed by atoms with Crippen LogP contribution in [-0.4, -0.2) is 30.6 Å². The zero-order chi connectivity index (χ0) is 17.8. The molecular formula is C19H24ClNO4. The minimum absolute atomic E-state index is 0.203. The second-order valence-electron chi connectivity index (χ2n) is 6.89. The van der Waals surface area contributed by atoms with Gasteiger partial charge in [-0.05, 0) is 49.9 Å². The predicted molar refractivity (Wildman–Crippen MR) is 94.7 cm³/mol. The summed E-state index contributed by atoms with van der Waals surface area (Å²) >= 11 is 6.00. The first kappa shape index (κ1) is 18.1. The van der Waals surface area contributed by atoms with E-state index in [1.807, 2.05) is 0 Å². The Kier molecular flexibility index (Phi) is 5.84. The monoisotopic (exact) mass is 365 g/mol. The van der Waals surface area contributed by atoms with E-state index in [1.165, 1.54) is 6.42 Å². The highest BCUT2D eigenvalue weighted by Gasteiger charge is 2.30. The molecule has 0 saturated heterocycles. The second-order valence-corrected chi connectivity index (χ2v) is 7.32. The summed E-state index contributed by atoms with van der Waals surface area (Å²) in [4.78, 5) is 24.6. The van der Waals surface area contributed by atoms with Crippen molar-refractivity contribution in [2.75, 3.05) is 6.61 Å². The number of benzene rings is 1. The Balaban J connectivity index is 1.52. The Morgan fingerprint density at radius 3 is 2.80 bits per heavy atom. The number of fused-ring (bicyclic) bond motifs is 1.